The number of carbonyl (C=O) groups is 1. The molecule has 0 fully saturated rings. The monoisotopic (exact) mass is 636 g/mol. The number of unbranched alkanes of at least 4 members (excludes halogenated alkanes) is 11. The molecule has 7 heteroatoms. The molecular formula is C32H46BrClN2O2S. The third-order valence-corrected chi connectivity index (χ3v) is 8.19. The Labute approximate surface area is 256 Å². The maximum Gasteiger partial charge on any atom is 0.259 e. The molecule has 4 nitrogen and oxygen atoms in total. The van der Waals surface area contributed by atoms with Crippen molar-refractivity contribution >= 4 is 51.9 Å². The zero-order valence-electron chi connectivity index (χ0n) is 23.7. The highest BCUT2D eigenvalue weighted by Crippen LogP contribution is 2.27. The highest BCUT2D eigenvalue weighted by Gasteiger charge is 2.15. The fraction of sp³-hybridized carbons (Fsp3) is 0.531. The molecule has 1 N–H and O–H groups in total. The lowest BCUT2D eigenvalue weighted by Gasteiger charge is -2.19. The number of nitrogens with one attached hydrogen (secondary N) is 1. The Bertz CT molecular complexity index is 1030. The van der Waals surface area contributed by atoms with Gasteiger partial charge in [0.15, 0.2) is 0 Å². The second-order valence-electron chi connectivity index (χ2n) is 10.3. The number of benzene rings is 2. The molecule has 0 bridgehead atoms. The third kappa shape index (κ3) is 12.6. The molecule has 0 radical (unpaired) electrons. The summed E-state index contributed by atoms with van der Waals surface area (Å²) in [4.78, 5) is 15.5. The highest BCUT2D eigenvalue weighted by molar-refractivity contribution is 8.93. The minimum absolute atomic E-state index is 0. The Hall–Kier alpha value is -1.63. The molecule has 2 aromatic carbocycles. The number of rotatable bonds is 18. The Balaban J connectivity index is 0.00000533. The minimum atomic E-state index is -0.184. The molecule has 2 aromatic rings. The van der Waals surface area contributed by atoms with Gasteiger partial charge in [0, 0.05) is 23.0 Å². The van der Waals surface area contributed by atoms with Crippen molar-refractivity contribution in [1.29, 1.82) is 0 Å². The van der Waals surface area contributed by atoms with Crippen LogP contribution in [0.3, 0.4) is 0 Å². The van der Waals surface area contributed by atoms with Gasteiger partial charge in [-0.1, -0.05) is 101 Å². The van der Waals surface area contributed by atoms with Crippen molar-refractivity contribution in [3.8, 4) is 5.75 Å². The van der Waals surface area contributed by atoms with Gasteiger partial charge in [-0.3, -0.25) is 4.79 Å². The van der Waals surface area contributed by atoms with Gasteiger partial charge in [-0.2, -0.15) is 0 Å². The number of ether oxygens (including phenoxy) is 1. The molecule has 0 atom stereocenters. The summed E-state index contributed by atoms with van der Waals surface area (Å²) < 4.78 is 6.03. The first-order valence-electron chi connectivity index (χ1n) is 14.4. The van der Waals surface area contributed by atoms with E-state index in [0.717, 1.165) is 36.5 Å². The van der Waals surface area contributed by atoms with Crippen molar-refractivity contribution < 1.29 is 9.53 Å². The van der Waals surface area contributed by atoms with Crippen LogP contribution in [0, 0.1) is 0 Å². The average Bonchev–Trinajstić information content (AvgIpc) is 3.31. The Kier molecular flexibility index (Phi) is 16.7. The van der Waals surface area contributed by atoms with E-state index in [9.17, 15) is 4.79 Å². The largest absolute Gasteiger partial charge is 0.493 e. The average molecular weight is 638 g/mol. The summed E-state index contributed by atoms with van der Waals surface area (Å²) in [5, 5.41) is 5.80. The number of hydrogen-bond donors (Lipinski definition) is 1. The van der Waals surface area contributed by atoms with Crippen LogP contribution < -0.4 is 10.1 Å². The van der Waals surface area contributed by atoms with Crippen LogP contribution in [0.25, 0.3) is 0 Å². The Morgan fingerprint density at radius 3 is 2.26 bits per heavy atom. The molecule has 39 heavy (non-hydrogen) atoms. The molecule has 3 rings (SSSR count). The van der Waals surface area contributed by atoms with Gasteiger partial charge in [-0.15, -0.1) is 28.7 Å². The SMILES string of the molecule is Br.CCCCCCCCCCCCCCOc1cc(Cl)ccc1C(=O)Nc1cccc(CN2CSC=C2C)c1. The Morgan fingerprint density at radius 2 is 1.62 bits per heavy atom. The maximum absolute atomic E-state index is 13.1. The van der Waals surface area contributed by atoms with Crippen LogP contribution in [-0.4, -0.2) is 23.3 Å². The van der Waals surface area contributed by atoms with E-state index in [1.54, 1.807) is 18.2 Å². The molecule has 0 unspecified atom stereocenters. The van der Waals surface area contributed by atoms with Crippen molar-refractivity contribution in [3.05, 3.63) is 69.7 Å². The molecule has 1 aliphatic rings. The summed E-state index contributed by atoms with van der Waals surface area (Å²) >= 11 is 8.04. The second-order valence-corrected chi connectivity index (χ2v) is 11.5. The zero-order chi connectivity index (χ0) is 27.0. The van der Waals surface area contributed by atoms with E-state index >= 15 is 0 Å². The molecule has 0 aliphatic carbocycles. The van der Waals surface area contributed by atoms with Crippen LogP contribution in [0.1, 0.15) is 107 Å². The normalized spacial score (nSPS) is 12.7. The van der Waals surface area contributed by atoms with Crippen molar-refractivity contribution in [1.82, 2.24) is 4.90 Å². The summed E-state index contributed by atoms with van der Waals surface area (Å²) in [6.07, 6.45) is 15.6. The number of allylic oxidation sites excluding steroid dienone is 1. The smallest absolute Gasteiger partial charge is 0.259 e. The maximum atomic E-state index is 13.1. The number of anilines is 1. The topological polar surface area (TPSA) is 41.6 Å². The summed E-state index contributed by atoms with van der Waals surface area (Å²) in [5.41, 5.74) is 3.73. The molecule has 1 aliphatic heterocycles. The first kappa shape index (κ1) is 33.6. The molecule has 1 heterocycles. The predicted octanol–water partition coefficient (Wildman–Crippen LogP) is 10.6. The van der Waals surface area contributed by atoms with Crippen molar-refractivity contribution in [3.63, 3.8) is 0 Å². The van der Waals surface area contributed by atoms with Crippen molar-refractivity contribution in [2.45, 2.75) is 97.4 Å². The second kappa shape index (κ2) is 19.4. The first-order chi connectivity index (χ1) is 18.6. The lowest BCUT2D eigenvalue weighted by atomic mass is 10.1. The van der Waals surface area contributed by atoms with E-state index in [1.807, 2.05) is 30.0 Å². The molecule has 0 saturated carbocycles. The van der Waals surface area contributed by atoms with E-state index in [1.165, 1.54) is 69.9 Å². The molecule has 216 valence electrons. The molecule has 0 aromatic heterocycles. The lowest BCUT2D eigenvalue weighted by molar-refractivity contribution is 0.102. The molecule has 0 spiro atoms. The van der Waals surface area contributed by atoms with Crippen LogP contribution in [-0.2, 0) is 6.54 Å². The van der Waals surface area contributed by atoms with Gasteiger partial charge < -0.3 is 15.0 Å². The third-order valence-electron chi connectivity index (χ3n) is 6.99. The fourth-order valence-electron chi connectivity index (χ4n) is 4.69. The van der Waals surface area contributed by atoms with Gasteiger partial charge in [0.25, 0.3) is 5.91 Å². The van der Waals surface area contributed by atoms with Crippen LogP contribution in [0.2, 0.25) is 5.02 Å². The quantitative estimate of drug-likeness (QED) is 0.165. The van der Waals surface area contributed by atoms with Gasteiger partial charge in [-0.05, 0) is 54.6 Å². The molecular weight excluding hydrogens is 592 g/mol. The molecule has 1 amide bonds. The van der Waals surface area contributed by atoms with E-state index in [4.69, 9.17) is 16.3 Å². The minimum Gasteiger partial charge on any atom is -0.493 e. The Morgan fingerprint density at radius 1 is 0.949 bits per heavy atom. The summed E-state index contributed by atoms with van der Waals surface area (Å²) in [6, 6.07) is 13.3. The van der Waals surface area contributed by atoms with E-state index < -0.39 is 0 Å². The number of thioether (sulfide) groups is 1. The van der Waals surface area contributed by atoms with Gasteiger partial charge in [0.2, 0.25) is 0 Å². The van der Waals surface area contributed by atoms with Crippen LogP contribution in [0.5, 0.6) is 5.75 Å². The standard InChI is InChI=1S/C32H45ClN2O2S.BrH/c1-3-4-5-6-7-8-9-10-11-12-13-14-20-37-31-22-28(33)18-19-30(31)32(36)34-29-17-15-16-27(21-29)23-35-25-38-24-26(35)2;/h15-19,21-22,24H,3-14,20,23,25H2,1-2H3,(H,34,36);1H. The van der Waals surface area contributed by atoms with Crippen LogP contribution >= 0.6 is 40.3 Å². The lowest BCUT2D eigenvalue weighted by Crippen LogP contribution is -2.17. The van der Waals surface area contributed by atoms with E-state index in [2.05, 4.69) is 35.5 Å². The van der Waals surface area contributed by atoms with Gasteiger partial charge in [0.05, 0.1) is 18.0 Å². The van der Waals surface area contributed by atoms with Crippen LogP contribution in [0.15, 0.2) is 53.6 Å². The number of halogens is 2. The summed E-state index contributed by atoms with van der Waals surface area (Å²) in [6.45, 7) is 5.82. The number of carbonyl (C=O) groups excluding carboxylic acids is 1. The predicted molar refractivity (Wildman–Crippen MR) is 175 cm³/mol. The zero-order valence-corrected chi connectivity index (χ0v) is 27.0. The van der Waals surface area contributed by atoms with Crippen molar-refractivity contribution in [2.24, 2.45) is 0 Å². The highest BCUT2D eigenvalue weighted by atomic mass is 79.9. The van der Waals surface area contributed by atoms with Gasteiger partial charge in [-0.25, -0.2) is 0 Å². The number of nitrogens with zero attached hydrogens (tertiary/aromatic N) is 1. The van der Waals surface area contributed by atoms with E-state index in [-0.39, 0.29) is 22.9 Å². The van der Waals surface area contributed by atoms with Crippen molar-refractivity contribution in [2.75, 3.05) is 17.8 Å². The van der Waals surface area contributed by atoms with Gasteiger partial charge in [0.1, 0.15) is 5.75 Å². The van der Waals surface area contributed by atoms with E-state index in [0.29, 0.717) is 22.9 Å². The molecule has 0 saturated heterocycles. The first-order valence-corrected chi connectivity index (χ1v) is 15.9. The summed E-state index contributed by atoms with van der Waals surface area (Å²) in [5.74, 6) is 1.33. The van der Waals surface area contributed by atoms with Crippen LogP contribution in [0.4, 0.5) is 5.69 Å². The number of hydrogen-bond acceptors (Lipinski definition) is 4. The number of amides is 1. The summed E-state index contributed by atoms with van der Waals surface area (Å²) in [7, 11) is 0. The fourth-order valence-corrected chi connectivity index (χ4v) is 5.79. The van der Waals surface area contributed by atoms with Gasteiger partial charge >= 0.3 is 0 Å².